The molecule has 1 rings (SSSR count). The zero-order valence-electron chi connectivity index (χ0n) is 5.56. The molecule has 0 spiro atoms. The van der Waals surface area contributed by atoms with Crippen molar-refractivity contribution in [3.05, 3.63) is 23.1 Å². The van der Waals surface area contributed by atoms with Gasteiger partial charge in [-0.1, -0.05) is 11.6 Å². The molecule has 54 valence electrons. The highest BCUT2D eigenvalue weighted by atomic mass is 35.5. The van der Waals surface area contributed by atoms with Crippen molar-refractivity contribution in [1.29, 1.82) is 0 Å². The Labute approximate surface area is 63.8 Å². The number of halogens is 1. The molecule has 0 bridgehead atoms. The number of Topliss-reactive ketones (excluding diaryl/α,β-unsaturated/α-hetero) is 1. The van der Waals surface area contributed by atoms with E-state index in [4.69, 9.17) is 16.0 Å². The van der Waals surface area contributed by atoms with Crippen LogP contribution >= 0.6 is 11.6 Å². The summed E-state index contributed by atoms with van der Waals surface area (Å²) in [5, 5.41) is 0.523. The van der Waals surface area contributed by atoms with Crippen LogP contribution in [0, 0.1) is 0 Å². The van der Waals surface area contributed by atoms with E-state index < -0.39 is 0 Å². The third kappa shape index (κ3) is 1.61. The predicted octanol–water partition coefficient (Wildman–Crippen LogP) is 2.06. The molecule has 0 aromatic carbocycles. The van der Waals surface area contributed by atoms with Gasteiger partial charge in [-0.15, -0.1) is 0 Å². The number of hydrogen-bond donors (Lipinski definition) is 0. The summed E-state index contributed by atoms with van der Waals surface area (Å²) >= 11 is 5.64. The molecule has 10 heavy (non-hydrogen) atoms. The van der Waals surface area contributed by atoms with E-state index in [1.165, 1.54) is 13.2 Å². The summed E-state index contributed by atoms with van der Waals surface area (Å²) in [5.74, 6) is 0.603. The maximum Gasteiger partial charge on any atom is 0.137 e. The van der Waals surface area contributed by atoms with Gasteiger partial charge < -0.3 is 4.42 Å². The molecule has 0 N–H and O–H groups in total. The second-order valence-electron chi connectivity index (χ2n) is 2.07. The third-order valence-electron chi connectivity index (χ3n) is 1.10. The Morgan fingerprint density at radius 2 is 2.50 bits per heavy atom. The van der Waals surface area contributed by atoms with Crippen molar-refractivity contribution in [1.82, 2.24) is 0 Å². The van der Waals surface area contributed by atoms with E-state index in [0.717, 1.165) is 0 Å². The molecule has 0 amide bonds. The molecule has 3 heteroatoms. The van der Waals surface area contributed by atoms with Gasteiger partial charge in [0.15, 0.2) is 0 Å². The largest absolute Gasteiger partial charge is 0.467 e. The van der Waals surface area contributed by atoms with Crippen LogP contribution in [0.3, 0.4) is 0 Å². The summed E-state index contributed by atoms with van der Waals surface area (Å²) < 4.78 is 4.92. The molecule has 1 aromatic rings. The van der Waals surface area contributed by atoms with Gasteiger partial charge in [0.25, 0.3) is 0 Å². The van der Waals surface area contributed by atoms with E-state index in [9.17, 15) is 4.79 Å². The molecule has 0 radical (unpaired) electrons. The lowest BCUT2D eigenvalue weighted by atomic mass is 10.2. The first-order chi connectivity index (χ1) is 4.70. The van der Waals surface area contributed by atoms with Gasteiger partial charge in [0.05, 0.1) is 17.7 Å². The molecule has 0 fully saturated rings. The van der Waals surface area contributed by atoms with E-state index in [0.29, 0.717) is 10.8 Å². The molecule has 0 atom stereocenters. The van der Waals surface area contributed by atoms with Gasteiger partial charge in [-0.2, -0.15) is 0 Å². The molecule has 0 unspecified atom stereocenters. The van der Waals surface area contributed by atoms with Crippen molar-refractivity contribution in [2.75, 3.05) is 0 Å². The van der Waals surface area contributed by atoms with Crippen molar-refractivity contribution < 1.29 is 9.21 Å². The van der Waals surface area contributed by atoms with Crippen molar-refractivity contribution >= 4 is 17.4 Å². The third-order valence-corrected chi connectivity index (χ3v) is 1.44. The van der Waals surface area contributed by atoms with Crippen LogP contribution < -0.4 is 0 Å². The SMILES string of the molecule is CC(=O)Cc1occc1Cl. The van der Waals surface area contributed by atoms with Gasteiger partial charge in [0.1, 0.15) is 11.5 Å². The Morgan fingerprint density at radius 1 is 1.80 bits per heavy atom. The molecule has 1 aromatic heterocycles. The molecule has 0 aliphatic heterocycles. The number of rotatable bonds is 2. The van der Waals surface area contributed by atoms with E-state index in [1.54, 1.807) is 6.07 Å². The number of carbonyl (C=O) groups excluding carboxylic acids is 1. The lowest BCUT2D eigenvalue weighted by Crippen LogP contribution is -1.94. The minimum atomic E-state index is 0.0526. The Hall–Kier alpha value is -0.760. The summed E-state index contributed by atoms with van der Waals surface area (Å²) in [6.07, 6.45) is 1.76. The fourth-order valence-electron chi connectivity index (χ4n) is 0.677. The van der Waals surface area contributed by atoms with Crippen LogP contribution in [0.4, 0.5) is 0 Å². The van der Waals surface area contributed by atoms with Crippen LogP contribution in [0.1, 0.15) is 12.7 Å². The average Bonchev–Trinajstić information content (AvgIpc) is 2.15. The van der Waals surface area contributed by atoms with Crippen LogP contribution in [0.2, 0.25) is 5.02 Å². The van der Waals surface area contributed by atoms with E-state index in [-0.39, 0.29) is 12.2 Å². The van der Waals surface area contributed by atoms with Crippen LogP contribution in [-0.2, 0) is 11.2 Å². The topological polar surface area (TPSA) is 30.2 Å². The molecule has 0 aliphatic rings. The minimum Gasteiger partial charge on any atom is -0.467 e. The number of hydrogen-bond acceptors (Lipinski definition) is 2. The molecule has 2 nitrogen and oxygen atoms in total. The maximum atomic E-state index is 10.5. The first kappa shape index (κ1) is 7.35. The van der Waals surface area contributed by atoms with E-state index >= 15 is 0 Å². The number of carbonyl (C=O) groups is 1. The van der Waals surface area contributed by atoms with Gasteiger partial charge in [-0.05, 0) is 13.0 Å². The highest BCUT2D eigenvalue weighted by Crippen LogP contribution is 2.16. The smallest absolute Gasteiger partial charge is 0.137 e. The molecule has 1 heterocycles. The van der Waals surface area contributed by atoms with Gasteiger partial charge in [0, 0.05) is 0 Å². The molecular formula is C7H7ClO2. The fourth-order valence-corrected chi connectivity index (χ4v) is 0.840. The van der Waals surface area contributed by atoms with E-state index in [1.807, 2.05) is 0 Å². The highest BCUT2D eigenvalue weighted by molar-refractivity contribution is 6.31. The molecule has 0 aliphatic carbocycles. The summed E-state index contributed by atoms with van der Waals surface area (Å²) in [6.45, 7) is 1.50. The zero-order chi connectivity index (χ0) is 7.56. The van der Waals surface area contributed by atoms with Gasteiger partial charge in [-0.25, -0.2) is 0 Å². The van der Waals surface area contributed by atoms with Gasteiger partial charge in [-0.3, -0.25) is 4.79 Å². The number of furan rings is 1. The Balaban J connectivity index is 2.74. The first-order valence-electron chi connectivity index (χ1n) is 2.91. The molecule has 0 saturated carbocycles. The zero-order valence-corrected chi connectivity index (χ0v) is 6.31. The van der Waals surface area contributed by atoms with Gasteiger partial charge >= 0.3 is 0 Å². The lowest BCUT2D eigenvalue weighted by molar-refractivity contribution is -0.116. The lowest BCUT2D eigenvalue weighted by Gasteiger charge is -1.89. The summed E-state index contributed by atoms with van der Waals surface area (Å²) in [5.41, 5.74) is 0. The second kappa shape index (κ2) is 2.88. The first-order valence-corrected chi connectivity index (χ1v) is 3.29. The van der Waals surface area contributed by atoms with Crippen molar-refractivity contribution in [2.45, 2.75) is 13.3 Å². The van der Waals surface area contributed by atoms with Crippen LogP contribution in [0.5, 0.6) is 0 Å². The highest BCUT2D eigenvalue weighted by Gasteiger charge is 2.05. The predicted molar refractivity (Wildman–Crippen MR) is 38.1 cm³/mol. The van der Waals surface area contributed by atoms with E-state index in [2.05, 4.69) is 0 Å². The Morgan fingerprint density at radius 3 is 2.90 bits per heavy atom. The minimum absolute atomic E-state index is 0.0526. The Kier molecular flexibility index (Phi) is 2.12. The second-order valence-corrected chi connectivity index (χ2v) is 2.48. The van der Waals surface area contributed by atoms with Crippen molar-refractivity contribution in [3.63, 3.8) is 0 Å². The van der Waals surface area contributed by atoms with Crippen LogP contribution in [0.15, 0.2) is 16.7 Å². The van der Waals surface area contributed by atoms with Crippen molar-refractivity contribution in [2.24, 2.45) is 0 Å². The van der Waals surface area contributed by atoms with Gasteiger partial charge in [0.2, 0.25) is 0 Å². The summed E-state index contributed by atoms with van der Waals surface area (Å²) in [6, 6.07) is 1.62. The van der Waals surface area contributed by atoms with Crippen molar-refractivity contribution in [3.8, 4) is 0 Å². The molecule has 0 saturated heterocycles. The average molecular weight is 159 g/mol. The fraction of sp³-hybridized carbons (Fsp3) is 0.286. The summed E-state index contributed by atoms with van der Waals surface area (Å²) in [7, 11) is 0. The normalized spacial score (nSPS) is 9.80. The van der Waals surface area contributed by atoms with Crippen LogP contribution in [0.25, 0.3) is 0 Å². The summed E-state index contributed by atoms with van der Waals surface area (Å²) in [4.78, 5) is 10.5. The standard InChI is InChI=1S/C7H7ClO2/c1-5(9)4-7-6(8)2-3-10-7/h2-3H,4H2,1H3. The quantitative estimate of drug-likeness (QED) is 0.660. The Bertz CT molecular complexity index is 240. The maximum absolute atomic E-state index is 10.5. The molecular weight excluding hydrogens is 152 g/mol. The van der Waals surface area contributed by atoms with Crippen LogP contribution in [-0.4, -0.2) is 5.78 Å². The number of ketones is 1. The monoisotopic (exact) mass is 158 g/mol.